The SMILES string of the molecule is Cc1cc(C)c(S(=O)(=O)N2CCC(C(=O)NCCc3cccc(F)c3)CC2)c(C)c1. The van der Waals surface area contributed by atoms with Crippen LogP contribution in [0.2, 0.25) is 0 Å². The van der Waals surface area contributed by atoms with Crippen molar-refractivity contribution in [3.05, 3.63) is 64.5 Å². The molecule has 1 amide bonds. The zero-order valence-electron chi connectivity index (χ0n) is 17.7. The Morgan fingerprint density at radius 2 is 1.73 bits per heavy atom. The summed E-state index contributed by atoms with van der Waals surface area (Å²) in [6.45, 7) is 6.70. The number of hydrogen-bond donors (Lipinski definition) is 1. The number of sulfonamides is 1. The molecule has 0 bridgehead atoms. The van der Waals surface area contributed by atoms with Crippen molar-refractivity contribution in [2.24, 2.45) is 5.92 Å². The third kappa shape index (κ3) is 5.08. The van der Waals surface area contributed by atoms with E-state index in [2.05, 4.69) is 5.32 Å². The predicted octanol–water partition coefficient (Wildman–Crippen LogP) is 3.51. The number of halogens is 1. The molecular weight excluding hydrogens is 403 g/mol. The predicted molar refractivity (Wildman–Crippen MR) is 115 cm³/mol. The van der Waals surface area contributed by atoms with Crippen LogP contribution in [-0.2, 0) is 21.2 Å². The van der Waals surface area contributed by atoms with Crippen LogP contribution in [0.1, 0.15) is 35.1 Å². The fourth-order valence-electron chi connectivity index (χ4n) is 4.23. The maximum Gasteiger partial charge on any atom is 0.243 e. The number of rotatable bonds is 6. The molecule has 1 aliphatic heterocycles. The average Bonchev–Trinajstić information content (AvgIpc) is 2.67. The number of carbonyl (C=O) groups excluding carboxylic acids is 1. The molecule has 3 rings (SSSR count). The van der Waals surface area contributed by atoms with E-state index in [1.54, 1.807) is 6.07 Å². The maximum absolute atomic E-state index is 13.2. The van der Waals surface area contributed by atoms with Gasteiger partial charge in [-0.05, 0) is 68.9 Å². The molecule has 0 spiro atoms. The molecule has 2 aromatic carbocycles. The minimum absolute atomic E-state index is 0.0638. The highest BCUT2D eigenvalue weighted by atomic mass is 32.2. The molecule has 7 heteroatoms. The molecule has 0 saturated carbocycles. The Morgan fingerprint density at radius 3 is 2.33 bits per heavy atom. The molecule has 162 valence electrons. The quantitative estimate of drug-likeness (QED) is 0.760. The molecule has 0 aliphatic carbocycles. The van der Waals surface area contributed by atoms with Crippen LogP contribution < -0.4 is 5.32 Å². The number of amides is 1. The Balaban J connectivity index is 1.56. The van der Waals surface area contributed by atoms with Crippen LogP contribution in [0.3, 0.4) is 0 Å². The van der Waals surface area contributed by atoms with Crippen molar-refractivity contribution in [2.75, 3.05) is 19.6 Å². The van der Waals surface area contributed by atoms with Crippen molar-refractivity contribution in [1.82, 2.24) is 9.62 Å². The van der Waals surface area contributed by atoms with E-state index in [1.807, 2.05) is 39.0 Å². The summed E-state index contributed by atoms with van der Waals surface area (Å²) in [5, 5.41) is 2.90. The highest BCUT2D eigenvalue weighted by molar-refractivity contribution is 7.89. The van der Waals surface area contributed by atoms with E-state index in [9.17, 15) is 17.6 Å². The van der Waals surface area contributed by atoms with Gasteiger partial charge in [0.25, 0.3) is 0 Å². The van der Waals surface area contributed by atoms with Gasteiger partial charge in [-0.25, -0.2) is 12.8 Å². The molecule has 0 atom stereocenters. The average molecular weight is 433 g/mol. The first-order valence-corrected chi connectivity index (χ1v) is 11.7. The largest absolute Gasteiger partial charge is 0.356 e. The van der Waals surface area contributed by atoms with E-state index >= 15 is 0 Å². The number of piperidine rings is 1. The second-order valence-corrected chi connectivity index (χ2v) is 9.95. The zero-order chi connectivity index (χ0) is 21.9. The Labute approximate surface area is 178 Å². The number of nitrogens with zero attached hydrogens (tertiary/aromatic N) is 1. The van der Waals surface area contributed by atoms with Gasteiger partial charge in [-0.2, -0.15) is 4.31 Å². The van der Waals surface area contributed by atoms with E-state index in [4.69, 9.17) is 0 Å². The molecule has 30 heavy (non-hydrogen) atoms. The summed E-state index contributed by atoms with van der Waals surface area (Å²) in [5.74, 6) is -0.554. The highest BCUT2D eigenvalue weighted by Gasteiger charge is 2.33. The first kappa shape index (κ1) is 22.4. The second kappa shape index (κ2) is 9.27. The van der Waals surface area contributed by atoms with Crippen LogP contribution in [0.15, 0.2) is 41.3 Å². The van der Waals surface area contributed by atoms with Gasteiger partial charge in [0.15, 0.2) is 0 Å². The van der Waals surface area contributed by atoms with Crippen molar-refractivity contribution in [3.63, 3.8) is 0 Å². The fraction of sp³-hybridized carbons (Fsp3) is 0.435. The van der Waals surface area contributed by atoms with Gasteiger partial charge in [0.2, 0.25) is 15.9 Å². The number of carbonyl (C=O) groups is 1. The lowest BCUT2D eigenvalue weighted by Gasteiger charge is -2.31. The maximum atomic E-state index is 13.2. The lowest BCUT2D eigenvalue weighted by molar-refractivity contribution is -0.126. The lowest BCUT2D eigenvalue weighted by Crippen LogP contribution is -2.43. The zero-order valence-corrected chi connectivity index (χ0v) is 18.6. The van der Waals surface area contributed by atoms with Gasteiger partial charge >= 0.3 is 0 Å². The summed E-state index contributed by atoms with van der Waals surface area (Å²) in [6.07, 6.45) is 1.55. The Hall–Kier alpha value is -2.25. The van der Waals surface area contributed by atoms with Crippen LogP contribution >= 0.6 is 0 Å². The first-order chi connectivity index (χ1) is 14.2. The molecule has 5 nitrogen and oxygen atoms in total. The van der Waals surface area contributed by atoms with Gasteiger partial charge in [0, 0.05) is 25.6 Å². The Morgan fingerprint density at radius 1 is 1.10 bits per heavy atom. The fourth-order valence-corrected chi connectivity index (χ4v) is 6.11. The second-order valence-electron chi connectivity index (χ2n) is 8.08. The highest BCUT2D eigenvalue weighted by Crippen LogP contribution is 2.28. The standard InChI is InChI=1S/C23H29FN2O3S/c1-16-13-17(2)22(18(3)14-16)30(28,29)26-11-8-20(9-12-26)23(27)25-10-7-19-5-4-6-21(24)15-19/h4-6,13-15,20H,7-12H2,1-3H3,(H,25,27). The van der Waals surface area contributed by atoms with Crippen molar-refractivity contribution < 1.29 is 17.6 Å². The van der Waals surface area contributed by atoms with Crippen LogP contribution in [0.25, 0.3) is 0 Å². The van der Waals surface area contributed by atoms with Crippen LogP contribution in [-0.4, -0.2) is 38.3 Å². The third-order valence-corrected chi connectivity index (χ3v) is 7.83. The minimum Gasteiger partial charge on any atom is -0.356 e. The van der Waals surface area contributed by atoms with Crippen molar-refractivity contribution >= 4 is 15.9 Å². The monoisotopic (exact) mass is 432 g/mol. The van der Waals surface area contributed by atoms with Crippen LogP contribution in [0.5, 0.6) is 0 Å². The van der Waals surface area contributed by atoms with Crippen LogP contribution in [0.4, 0.5) is 4.39 Å². The molecule has 1 fully saturated rings. The summed E-state index contributed by atoms with van der Waals surface area (Å²) in [7, 11) is -3.58. The Kier molecular flexibility index (Phi) is 6.93. The van der Waals surface area contributed by atoms with Crippen LogP contribution in [0, 0.1) is 32.5 Å². The lowest BCUT2D eigenvalue weighted by atomic mass is 9.97. The summed E-state index contributed by atoms with van der Waals surface area (Å²) in [5.41, 5.74) is 3.38. The van der Waals surface area contributed by atoms with E-state index < -0.39 is 10.0 Å². The minimum atomic E-state index is -3.58. The number of benzene rings is 2. The molecule has 1 N–H and O–H groups in total. The number of aryl methyl sites for hydroxylation is 3. The molecule has 0 unspecified atom stereocenters. The summed E-state index contributed by atoms with van der Waals surface area (Å²) >= 11 is 0. The first-order valence-electron chi connectivity index (χ1n) is 10.3. The smallest absolute Gasteiger partial charge is 0.243 e. The van der Waals surface area contributed by atoms with Gasteiger partial charge in [-0.15, -0.1) is 0 Å². The molecule has 1 aliphatic rings. The molecule has 1 heterocycles. The normalized spacial score (nSPS) is 15.9. The summed E-state index contributed by atoms with van der Waals surface area (Å²) in [4.78, 5) is 12.9. The topological polar surface area (TPSA) is 66.5 Å². The van der Waals surface area contributed by atoms with E-state index in [0.717, 1.165) is 22.3 Å². The molecular formula is C23H29FN2O3S. The van der Waals surface area contributed by atoms with E-state index in [0.29, 0.717) is 43.8 Å². The third-order valence-electron chi connectivity index (χ3n) is 5.63. The van der Waals surface area contributed by atoms with Crippen molar-refractivity contribution in [3.8, 4) is 0 Å². The number of nitrogens with one attached hydrogen (secondary N) is 1. The number of hydrogen-bond acceptors (Lipinski definition) is 3. The van der Waals surface area contributed by atoms with E-state index in [1.165, 1.54) is 16.4 Å². The molecule has 0 radical (unpaired) electrons. The summed E-state index contributed by atoms with van der Waals surface area (Å²) < 4.78 is 41.1. The van der Waals surface area contributed by atoms with Gasteiger partial charge < -0.3 is 5.32 Å². The van der Waals surface area contributed by atoms with Crippen molar-refractivity contribution in [2.45, 2.75) is 44.9 Å². The van der Waals surface area contributed by atoms with Gasteiger partial charge in [-0.1, -0.05) is 29.8 Å². The summed E-state index contributed by atoms with van der Waals surface area (Å²) in [6, 6.07) is 10.1. The molecule has 2 aromatic rings. The van der Waals surface area contributed by atoms with Crippen molar-refractivity contribution in [1.29, 1.82) is 0 Å². The van der Waals surface area contributed by atoms with E-state index in [-0.39, 0.29) is 17.6 Å². The molecule has 1 saturated heterocycles. The van der Waals surface area contributed by atoms with Gasteiger partial charge in [0.1, 0.15) is 5.82 Å². The van der Waals surface area contributed by atoms with Gasteiger partial charge in [-0.3, -0.25) is 4.79 Å². The van der Waals surface area contributed by atoms with Gasteiger partial charge in [0.05, 0.1) is 4.90 Å². The Bertz CT molecular complexity index is 1010. The molecule has 0 aromatic heterocycles.